The van der Waals surface area contributed by atoms with Crippen LogP contribution in [0, 0.1) is 0 Å². The average molecular weight is 331 g/mol. The molecular formula is C16H15ClN4O2. The molecule has 1 aliphatic heterocycles. The summed E-state index contributed by atoms with van der Waals surface area (Å²) in [6.45, 7) is 0.409. The second-order valence-corrected chi connectivity index (χ2v) is 5.44. The van der Waals surface area contributed by atoms with E-state index < -0.39 is 0 Å². The summed E-state index contributed by atoms with van der Waals surface area (Å²) in [5, 5.41) is 6.12. The van der Waals surface area contributed by atoms with Crippen LogP contribution in [0.4, 0.5) is 16.2 Å². The SMILES string of the molecule is NC1=N[C@@H](c2cccc(NC(=O)Nc3ccc(Cl)cc3)c2)CO1. The number of nitrogens with two attached hydrogens (primary N) is 1. The molecule has 7 heteroatoms. The fraction of sp³-hybridized carbons (Fsp3) is 0.125. The number of anilines is 2. The number of nitrogens with zero attached hydrogens (tertiary/aromatic N) is 1. The normalized spacial score (nSPS) is 16.4. The Morgan fingerprint density at radius 2 is 1.91 bits per heavy atom. The number of rotatable bonds is 3. The van der Waals surface area contributed by atoms with Gasteiger partial charge < -0.3 is 21.1 Å². The van der Waals surface area contributed by atoms with Crippen LogP contribution in [0.25, 0.3) is 0 Å². The van der Waals surface area contributed by atoms with Crippen LogP contribution in [0.5, 0.6) is 0 Å². The minimum absolute atomic E-state index is 0.143. The number of hydrogen-bond donors (Lipinski definition) is 3. The predicted molar refractivity (Wildman–Crippen MR) is 90.9 cm³/mol. The molecule has 2 aromatic carbocycles. The van der Waals surface area contributed by atoms with E-state index in [9.17, 15) is 4.79 Å². The van der Waals surface area contributed by atoms with Crippen molar-refractivity contribution in [3.63, 3.8) is 0 Å². The van der Waals surface area contributed by atoms with E-state index in [0.717, 1.165) is 5.56 Å². The molecule has 3 rings (SSSR count). The second-order valence-electron chi connectivity index (χ2n) is 5.01. The van der Waals surface area contributed by atoms with Gasteiger partial charge in [-0.1, -0.05) is 23.7 Å². The smallest absolute Gasteiger partial charge is 0.323 e. The first-order valence-corrected chi connectivity index (χ1v) is 7.37. The predicted octanol–water partition coefficient (Wildman–Crippen LogP) is 3.37. The van der Waals surface area contributed by atoms with Crippen LogP contribution in [0.15, 0.2) is 53.5 Å². The van der Waals surface area contributed by atoms with E-state index in [-0.39, 0.29) is 18.1 Å². The van der Waals surface area contributed by atoms with Gasteiger partial charge in [-0.25, -0.2) is 9.79 Å². The van der Waals surface area contributed by atoms with Crippen molar-refractivity contribution in [2.75, 3.05) is 17.2 Å². The summed E-state index contributed by atoms with van der Waals surface area (Å²) in [6.07, 6.45) is 0. The maximum Gasteiger partial charge on any atom is 0.323 e. The lowest BCUT2D eigenvalue weighted by Gasteiger charge is -2.10. The third-order valence-electron chi connectivity index (χ3n) is 3.30. The van der Waals surface area contributed by atoms with E-state index in [0.29, 0.717) is 23.0 Å². The number of aliphatic imine (C=N–C) groups is 1. The number of benzene rings is 2. The molecule has 0 saturated heterocycles. The number of halogens is 1. The summed E-state index contributed by atoms with van der Waals surface area (Å²) >= 11 is 5.81. The van der Waals surface area contributed by atoms with Crippen LogP contribution in [-0.2, 0) is 4.74 Å². The molecule has 0 fully saturated rings. The zero-order valence-corrected chi connectivity index (χ0v) is 12.9. The number of nitrogens with one attached hydrogen (secondary N) is 2. The van der Waals surface area contributed by atoms with E-state index in [4.69, 9.17) is 22.1 Å². The highest BCUT2D eigenvalue weighted by Gasteiger charge is 2.19. The molecule has 1 heterocycles. The van der Waals surface area contributed by atoms with Crippen molar-refractivity contribution in [3.05, 3.63) is 59.1 Å². The van der Waals surface area contributed by atoms with Gasteiger partial charge in [-0.2, -0.15) is 0 Å². The molecule has 0 radical (unpaired) electrons. The fourth-order valence-corrected chi connectivity index (χ4v) is 2.34. The topological polar surface area (TPSA) is 88.7 Å². The number of carbonyl (C=O) groups excluding carboxylic acids is 1. The zero-order valence-electron chi connectivity index (χ0n) is 12.1. The maximum absolute atomic E-state index is 12.0. The second kappa shape index (κ2) is 6.58. The largest absolute Gasteiger partial charge is 0.463 e. The molecule has 0 spiro atoms. The molecule has 23 heavy (non-hydrogen) atoms. The number of carbonyl (C=O) groups is 1. The fourth-order valence-electron chi connectivity index (χ4n) is 2.21. The van der Waals surface area contributed by atoms with Crippen LogP contribution in [0.2, 0.25) is 5.02 Å². The van der Waals surface area contributed by atoms with Crippen molar-refractivity contribution in [1.29, 1.82) is 0 Å². The highest BCUT2D eigenvalue weighted by Crippen LogP contribution is 2.24. The molecule has 6 nitrogen and oxygen atoms in total. The lowest BCUT2D eigenvalue weighted by atomic mass is 10.1. The van der Waals surface area contributed by atoms with Crippen molar-refractivity contribution in [1.82, 2.24) is 0 Å². The minimum atomic E-state index is -0.338. The molecule has 0 aromatic heterocycles. The van der Waals surface area contributed by atoms with Gasteiger partial charge in [0.05, 0.1) is 0 Å². The Morgan fingerprint density at radius 1 is 1.17 bits per heavy atom. The van der Waals surface area contributed by atoms with E-state index in [1.807, 2.05) is 18.2 Å². The van der Waals surface area contributed by atoms with Crippen molar-refractivity contribution >= 4 is 35.0 Å². The first-order chi connectivity index (χ1) is 11.1. The Balaban J connectivity index is 1.65. The van der Waals surface area contributed by atoms with Crippen LogP contribution in [-0.4, -0.2) is 18.7 Å². The van der Waals surface area contributed by atoms with Crippen LogP contribution < -0.4 is 16.4 Å². The first kappa shape index (κ1) is 15.2. The monoisotopic (exact) mass is 330 g/mol. The molecule has 2 aromatic rings. The van der Waals surface area contributed by atoms with E-state index >= 15 is 0 Å². The quantitative estimate of drug-likeness (QED) is 0.806. The number of amides is 2. The van der Waals surface area contributed by atoms with Crippen LogP contribution in [0.1, 0.15) is 11.6 Å². The summed E-state index contributed by atoms with van der Waals surface area (Å²) in [7, 11) is 0. The summed E-state index contributed by atoms with van der Waals surface area (Å²) in [4.78, 5) is 16.2. The van der Waals surface area contributed by atoms with Crippen LogP contribution in [0.3, 0.4) is 0 Å². The summed E-state index contributed by atoms with van der Waals surface area (Å²) in [5.41, 5.74) is 7.76. The number of hydrogen-bond acceptors (Lipinski definition) is 4. The molecule has 1 atom stereocenters. The molecule has 0 aliphatic carbocycles. The number of amidine groups is 1. The third-order valence-corrected chi connectivity index (χ3v) is 3.56. The van der Waals surface area contributed by atoms with Gasteiger partial charge in [0.15, 0.2) is 0 Å². The molecule has 0 bridgehead atoms. The summed E-state index contributed by atoms with van der Waals surface area (Å²) < 4.78 is 5.15. The highest BCUT2D eigenvalue weighted by atomic mass is 35.5. The van der Waals surface area contributed by atoms with Gasteiger partial charge in [0, 0.05) is 16.4 Å². The first-order valence-electron chi connectivity index (χ1n) is 7.00. The molecule has 2 amide bonds. The summed E-state index contributed by atoms with van der Waals surface area (Å²) in [5.74, 6) is 0. The van der Waals surface area contributed by atoms with Crippen molar-refractivity contribution in [2.45, 2.75) is 6.04 Å². The summed E-state index contributed by atoms with van der Waals surface area (Å²) in [6, 6.07) is 14.0. The standard InChI is InChI=1S/C16H15ClN4O2/c17-11-4-6-12(7-5-11)19-16(22)20-13-3-1-2-10(8-13)14-9-23-15(18)21-14/h1-8,14H,9H2,(H2,18,21)(H2,19,20,22)/t14-/m1/s1. The number of urea groups is 1. The Bertz CT molecular complexity index is 746. The Kier molecular flexibility index (Phi) is 4.34. The molecular weight excluding hydrogens is 316 g/mol. The molecule has 0 unspecified atom stereocenters. The Labute approximate surface area is 138 Å². The van der Waals surface area contributed by atoms with Crippen molar-refractivity contribution in [3.8, 4) is 0 Å². The minimum Gasteiger partial charge on any atom is -0.463 e. The Morgan fingerprint density at radius 3 is 2.61 bits per heavy atom. The molecule has 1 aliphatic rings. The third kappa shape index (κ3) is 3.92. The highest BCUT2D eigenvalue weighted by molar-refractivity contribution is 6.30. The van der Waals surface area contributed by atoms with Gasteiger partial charge >= 0.3 is 6.03 Å². The average Bonchev–Trinajstić information content (AvgIpc) is 2.96. The van der Waals surface area contributed by atoms with E-state index in [2.05, 4.69) is 15.6 Å². The van der Waals surface area contributed by atoms with Crippen molar-refractivity contribution in [2.24, 2.45) is 10.7 Å². The van der Waals surface area contributed by atoms with Gasteiger partial charge in [-0.3, -0.25) is 0 Å². The molecule has 0 saturated carbocycles. The Hall–Kier alpha value is -2.73. The lowest BCUT2D eigenvalue weighted by Crippen LogP contribution is -2.19. The van der Waals surface area contributed by atoms with E-state index in [1.54, 1.807) is 30.3 Å². The van der Waals surface area contributed by atoms with Gasteiger partial charge in [-0.15, -0.1) is 0 Å². The molecule has 118 valence electrons. The van der Waals surface area contributed by atoms with Gasteiger partial charge in [0.2, 0.25) is 0 Å². The van der Waals surface area contributed by atoms with Crippen LogP contribution >= 0.6 is 11.6 Å². The van der Waals surface area contributed by atoms with Crippen molar-refractivity contribution < 1.29 is 9.53 Å². The molecule has 4 N–H and O–H groups in total. The van der Waals surface area contributed by atoms with E-state index in [1.165, 1.54) is 0 Å². The maximum atomic E-state index is 12.0. The van der Waals surface area contributed by atoms with Gasteiger partial charge in [0.25, 0.3) is 6.02 Å². The van der Waals surface area contributed by atoms with Gasteiger partial charge in [-0.05, 0) is 42.0 Å². The number of ether oxygens (including phenoxy) is 1. The zero-order chi connectivity index (χ0) is 16.2. The van der Waals surface area contributed by atoms with Gasteiger partial charge in [0.1, 0.15) is 12.6 Å². The lowest BCUT2D eigenvalue weighted by molar-refractivity contribution is 0.262.